The van der Waals surface area contributed by atoms with E-state index in [0.29, 0.717) is 11.3 Å². The van der Waals surface area contributed by atoms with Crippen LogP contribution < -0.4 is 15.2 Å². The van der Waals surface area contributed by atoms with Gasteiger partial charge in [-0.15, -0.1) is 0 Å². The smallest absolute Gasteiger partial charge is 0.240 e. The molecule has 4 atom stereocenters. The number of rotatable bonds is 5. The Kier molecular flexibility index (Phi) is 4.74. The van der Waals surface area contributed by atoms with Crippen LogP contribution in [0, 0.1) is 11.8 Å². The van der Waals surface area contributed by atoms with Crippen LogP contribution in [-0.4, -0.2) is 40.4 Å². The average Bonchev–Trinajstić information content (AvgIpc) is 3.18. The number of hydrogen-bond donors (Lipinski definition) is 2. The number of likely N-dealkylation sites (tertiary alicyclic amines) is 1. The second-order valence-corrected chi connectivity index (χ2v) is 7.94. The summed E-state index contributed by atoms with van der Waals surface area (Å²) in [6.07, 6.45) is 0. The van der Waals surface area contributed by atoms with Crippen LogP contribution in [0.15, 0.2) is 48.5 Å². The van der Waals surface area contributed by atoms with E-state index in [-0.39, 0.29) is 12.3 Å². The predicted octanol–water partition coefficient (Wildman–Crippen LogP) is -0.671. The van der Waals surface area contributed by atoms with Gasteiger partial charge in [0.25, 0.3) is 0 Å². The van der Waals surface area contributed by atoms with Crippen molar-refractivity contribution in [2.45, 2.75) is 25.0 Å². The number of imide groups is 1. The van der Waals surface area contributed by atoms with Gasteiger partial charge >= 0.3 is 0 Å². The highest BCUT2D eigenvalue weighted by Gasteiger charge is 2.68. The maximum absolute atomic E-state index is 13.3. The maximum atomic E-state index is 13.3. The Morgan fingerprint density at radius 2 is 1.90 bits per heavy atom. The van der Waals surface area contributed by atoms with Gasteiger partial charge in [0.1, 0.15) is 40.9 Å². The molecular formula is C22H22N2O6. The Hall–Kier alpha value is -3.39. The molecule has 8 heteroatoms. The molecule has 2 aromatic carbocycles. The molecular weight excluding hydrogens is 388 g/mol. The molecule has 2 fully saturated rings. The first-order valence-corrected chi connectivity index (χ1v) is 9.61. The number of nitrogens with two attached hydrogens (primary N) is 1. The summed E-state index contributed by atoms with van der Waals surface area (Å²) in [7, 11) is 1.47. The van der Waals surface area contributed by atoms with E-state index in [2.05, 4.69) is 0 Å². The number of fused-ring (bicyclic) bond motifs is 1. The Labute approximate surface area is 173 Å². The summed E-state index contributed by atoms with van der Waals surface area (Å²) in [5, 5.41) is 23.9. The molecule has 0 aliphatic carbocycles. The van der Waals surface area contributed by atoms with Crippen molar-refractivity contribution < 1.29 is 34.7 Å². The van der Waals surface area contributed by atoms with Crippen LogP contribution in [0.4, 0.5) is 0 Å². The second kappa shape index (κ2) is 7.14. The lowest BCUT2D eigenvalue weighted by Gasteiger charge is -2.29. The third-order valence-electron chi connectivity index (χ3n) is 6.22. The summed E-state index contributed by atoms with van der Waals surface area (Å²) in [4.78, 5) is 39.7. The number of phenols is 1. The average molecular weight is 410 g/mol. The molecule has 0 aromatic heterocycles. The van der Waals surface area contributed by atoms with Gasteiger partial charge in [0.15, 0.2) is 0 Å². The van der Waals surface area contributed by atoms with Gasteiger partial charge in [-0.25, -0.2) is 0 Å². The highest BCUT2D eigenvalue weighted by atomic mass is 16.5. The van der Waals surface area contributed by atoms with Crippen LogP contribution in [0.25, 0.3) is 0 Å². The van der Waals surface area contributed by atoms with Crippen molar-refractivity contribution >= 4 is 17.8 Å². The topological polar surface area (TPSA) is 124 Å². The molecule has 0 saturated carbocycles. The van der Waals surface area contributed by atoms with Crippen molar-refractivity contribution in [3.63, 3.8) is 0 Å². The van der Waals surface area contributed by atoms with Gasteiger partial charge in [-0.05, 0) is 30.7 Å². The summed E-state index contributed by atoms with van der Waals surface area (Å²) in [5.41, 5.74) is -0.542. The minimum absolute atomic E-state index is 0.0610. The van der Waals surface area contributed by atoms with Gasteiger partial charge in [0, 0.05) is 0 Å². The molecule has 2 aliphatic rings. The number of aliphatic carboxylic acids is 1. The molecule has 0 spiro atoms. The molecule has 4 rings (SSSR count). The third-order valence-corrected chi connectivity index (χ3v) is 6.22. The normalized spacial score (nSPS) is 27.9. The van der Waals surface area contributed by atoms with Crippen molar-refractivity contribution in [1.29, 1.82) is 0 Å². The lowest BCUT2D eigenvalue weighted by molar-refractivity contribution is -0.735. The van der Waals surface area contributed by atoms with E-state index in [9.17, 15) is 24.6 Å². The summed E-state index contributed by atoms with van der Waals surface area (Å²) in [5.74, 6) is -4.11. The number of nitrogens with zero attached hydrogens (tertiary/aromatic N) is 1. The van der Waals surface area contributed by atoms with Gasteiger partial charge in [-0.2, -0.15) is 0 Å². The predicted molar refractivity (Wildman–Crippen MR) is 102 cm³/mol. The van der Waals surface area contributed by atoms with E-state index < -0.39 is 41.2 Å². The number of carboxylic acid groups (broad SMARTS) is 1. The lowest BCUT2D eigenvalue weighted by Crippen LogP contribution is -2.98. The molecule has 2 aromatic rings. The fourth-order valence-electron chi connectivity index (χ4n) is 4.65. The molecule has 156 valence electrons. The monoisotopic (exact) mass is 410 g/mol. The van der Waals surface area contributed by atoms with Crippen LogP contribution in [0.1, 0.15) is 24.1 Å². The number of carboxylic acids is 1. The lowest BCUT2D eigenvalue weighted by atomic mass is 9.80. The number of carbonyl (C=O) groups is 3. The van der Waals surface area contributed by atoms with Gasteiger partial charge in [0.05, 0.1) is 19.2 Å². The minimum Gasteiger partial charge on any atom is -0.544 e. The van der Waals surface area contributed by atoms with Crippen LogP contribution in [-0.2, 0) is 20.9 Å². The van der Waals surface area contributed by atoms with Crippen molar-refractivity contribution in [3.05, 3.63) is 59.7 Å². The number of benzene rings is 2. The molecule has 3 N–H and O–H groups in total. The molecule has 0 bridgehead atoms. The first-order chi connectivity index (χ1) is 14.3. The molecule has 2 heterocycles. The molecule has 2 amide bonds. The fourth-order valence-corrected chi connectivity index (χ4v) is 4.65. The summed E-state index contributed by atoms with van der Waals surface area (Å²) in [6.45, 7) is 1.46. The van der Waals surface area contributed by atoms with Gasteiger partial charge in [-0.1, -0.05) is 30.3 Å². The number of ether oxygens (including phenoxy) is 1. The van der Waals surface area contributed by atoms with Crippen LogP contribution in [0.3, 0.4) is 0 Å². The quantitative estimate of drug-likeness (QED) is 0.630. The summed E-state index contributed by atoms with van der Waals surface area (Å²) >= 11 is 0. The molecule has 2 aliphatic heterocycles. The molecule has 30 heavy (non-hydrogen) atoms. The summed E-state index contributed by atoms with van der Waals surface area (Å²) < 4.78 is 5.21. The van der Waals surface area contributed by atoms with Crippen molar-refractivity contribution in [2.75, 3.05) is 7.11 Å². The largest absolute Gasteiger partial charge is 0.544 e. The zero-order valence-corrected chi connectivity index (χ0v) is 16.6. The van der Waals surface area contributed by atoms with E-state index in [1.165, 1.54) is 25.4 Å². The van der Waals surface area contributed by atoms with Gasteiger partial charge < -0.3 is 25.1 Å². The first-order valence-electron chi connectivity index (χ1n) is 9.61. The molecule has 0 unspecified atom stereocenters. The standard InChI is InChI=1S/C22H22N2O6/c1-22(21(28)29)17-16(18(23-22)14-10-13(30-2)8-9-15(14)25)19(26)24(20(17)27)11-12-6-4-3-5-7-12/h3-10,16-18,23,25H,11H2,1-2H3,(H,28,29)/t16-,17+,18-,22+/m0/s1. The number of phenolic OH excluding ortho intramolecular Hbond substituents is 1. The first kappa shape index (κ1) is 19.9. The number of amides is 2. The number of methoxy groups -OCH3 is 1. The Morgan fingerprint density at radius 3 is 2.53 bits per heavy atom. The van der Waals surface area contributed by atoms with E-state index in [0.717, 1.165) is 10.5 Å². The highest BCUT2D eigenvalue weighted by Crippen LogP contribution is 2.46. The van der Waals surface area contributed by atoms with Gasteiger partial charge in [0.2, 0.25) is 11.8 Å². The fraction of sp³-hybridized carbons (Fsp3) is 0.318. The van der Waals surface area contributed by atoms with E-state index in [4.69, 9.17) is 4.74 Å². The third kappa shape index (κ3) is 2.91. The molecule has 2 saturated heterocycles. The van der Waals surface area contributed by atoms with E-state index in [1.54, 1.807) is 36.4 Å². The van der Waals surface area contributed by atoms with Crippen molar-refractivity contribution in [2.24, 2.45) is 11.8 Å². The zero-order chi connectivity index (χ0) is 21.6. The van der Waals surface area contributed by atoms with Crippen LogP contribution in [0.2, 0.25) is 0 Å². The highest BCUT2D eigenvalue weighted by molar-refractivity contribution is 6.08. The maximum Gasteiger partial charge on any atom is 0.240 e. The van der Waals surface area contributed by atoms with E-state index >= 15 is 0 Å². The number of aromatic hydroxyl groups is 1. The second-order valence-electron chi connectivity index (χ2n) is 7.94. The Balaban J connectivity index is 1.78. The van der Waals surface area contributed by atoms with Crippen molar-refractivity contribution in [3.8, 4) is 11.5 Å². The minimum atomic E-state index is -1.65. The van der Waals surface area contributed by atoms with Crippen LogP contribution >= 0.6 is 0 Å². The molecule has 0 radical (unpaired) electrons. The molecule has 8 nitrogen and oxygen atoms in total. The zero-order valence-electron chi connectivity index (χ0n) is 16.6. The summed E-state index contributed by atoms with van der Waals surface area (Å²) in [6, 6.07) is 12.8. The van der Waals surface area contributed by atoms with Crippen LogP contribution in [0.5, 0.6) is 11.5 Å². The van der Waals surface area contributed by atoms with E-state index in [1.807, 2.05) is 6.07 Å². The Bertz CT molecular complexity index is 1020. The van der Waals surface area contributed by atoms with Gasteiger partial charge in [-0.3, -0.25) is 14.5 Å². The number of hydrogen-bond acceptors (Lipinski definition) is 6. The SMILES string of the molecule is COc1ccc(O)c([C@@H]2[NH2+][C@@](C)(C(=O)[O-])[C@H]3C(=O)N(Cc4ccccc4)C(=O)[C@H]23)c1. The Morgan fingerprint density at radius 1 is 1.20 bits per heavy atom. The number of carbonyl (C=O) groups excluding carboxylic acids is 3. The van der Waals surface area contributed by atoms with Crippen molar-refractivity contribution in [1.82, 2.24) is 4.90 Å². The number of quaternary nitrogens is 1.